The number of hydrogen-bond donors (Lipinski definition) is 3. The van der Waals surface area contributed by atoms with Gasteiger partial charge in [-0.3, -0.25) is 4.99 Å². The van der Waals surface area contributed by atoms with Crippen molar-refractivity contribution in [2.24, 2.45) is 4.99 Å². The zero-order chi connectivity index (χ0) is 16.9. The van der Waals surface area contributed by atoms with Gasteiger partial charge in [-0.15, -0.1) is 24.0 Å². The van der Waals surface area contributed by atoms with Gasteiger partial charge in [-0.05, 0) is 45.1 Å². The first-order chi connectivity index (χ1) is 11.0. The summed E-state index contributed by atoms with van der Waals surface area (Å²) < 4.78 is 0.199. The summed E-state index contributed by atoms with van der Waals surface area (Å²) in [4.78, 5) is 7.76. The maximum Gasteiger partial charge on any atom is 0.191 e. The molecule has 1 aromatic heterocycles. The van der Waals surface area contributed by atoms with Crippen molar-refractivity contribution in [2.75, 3.05) is 26.4 Å². The van der Waals surface area contributed by atoms with Crippen molar-refractivity contribution in [1.82, 2.24) is 15.6 Å². The summed E-state index contributed by atoms with van der Waals surface area (Å²) in [5, 5.41) is 8.13. The van der Waals surface area contributed by atoms with Crippen LogP contribution >= 0.6 is 35.7 Å². The van der Waals surface area contributed by atoms with Gasteiger partial charge in [-0.25, -0.2) is 0 Å². The van der Waals surface area contributed by atoms with E-state index in [2.05, 4.69) is 71.9 Å². The topological polar surface area (TPSA) is 52.2 Å². The predicted octanol–water partition coefficient (Wildman–Crippen LogP) is 3.94. The molecule has 4 nitrogen and oxygen atoms in total. The summed E-state index contributed by atoms with van der Waals surface area (Å²) in [6.07, 6.45) is 3.11. The van der Waals surface area contributed by atoms with Gasteiger partial charge in [0.1, 0.15) is 0 Å². The van der Waals surface area contributed by atoms with Gasteiger partial charge >= 0.3 is 0 Å². The Balaban J connectivity index is 0.00000288. The van der Waals surface area contributed by atoms with E-state index < -0.39 is 0 Å². The third-order valence-corrected chi connectivity index (χ3v) is 5.40. The molecular formula is C18H29IN4S. The van der Waals surface area contributed by atoms with E-state index in [0.717, 1.165) is 25.5 Å². The predicted molar refractivity (Wildman–Crippen MR) is 119 cm³/mol. The third kappa shape index (κ3) is 5.58. The number of guanidine groups is 1. The molecule has 0 saturated carbocycles. The molecule has 134 valence electrons. The van der Waals surface area contributed by atoms with E-state index in [1.165, 1.54) is 22.2 Å². The Hall–Kier alpha value is -0.890. The summed E-state index contributed by atoms with van der Waals surface area (Å²) in [6.45, 7) is 8.35. The number of fused-ring (bicyclic) bond motifs is 1. The van der Waals surface area contributed by atoms with Gasteiger partial charge in [0, 0.05) is 41.5 Å². The maximum atomic E-state index is 4.31. The van der Waals surface area contributed by atoms with Gasteiger partial charge in [0.05, 0.1) is 0 Å². The molecule has 0 spiro atoms. The molecule has 0 aliphatic rings. The lowest BCUT2D eigenvalue weighted by atomic mass is 10.1. The smallest absolute Gasteiger partial charge is 0.191 e. The minimum absolute atomic E-state index is 0. The van der Waals surface area contributed by atoms with Crippen LogP contribution in [-0.2, 0) is 6.42 Å². The Kier molecular flexibility index (Phi) is 8.42. The SMILES string of the molecule is CN=C(NCCc1c(C)[nH]c2ccccc12)NCC(C)(C)SC.I. The molecule has 6 heteroatoms. The van der Waals surface area contributed by atoms with Crippen molar-refractivity contribution >= 4 is 52.6 Å². The second kappa shape index (κ2) is 9.56. The van der Waals surface area contributed by atoms with Crippen LogP contribution in [-0.4, -0.2) is 42.1 Å². The Morgan fingerprint density at radius 3 is 2.62 bits per heavy atom. The number of rotatable bonds is 6. The average molecular weight is 460 g/mol. The fourth-order valence-corrected chi connectivity index (χ4v) is 2.77. The van der Waals surface area contributed by atoms with Crippen molar-refractivity contribution in [3.63, 3.8) is 0 Å². The molecular weight excluding hydrogens is 431 g/mol. The Labute approximate surface area is 166 Å². The molecule has 2 aromatic rings. The number of aromatic amines is 1. The molecule has 0 saturated heterocycles. The van der Waals surface area contributed by atoms with Crippen LogP contribution in [0.3, 0.4) is 0 Å². The quantitative estimate of drug-likeness (QED) is 0.348. The van der Waals surface area contributed by atoms with Crippen LogP contribution < -0.4 is 10.6 Å². The first-order valence-electron chi connectivity index (χ1n) is 8.02. The zero-order valence-corrected chi connectivity index (χ0v) is 18.3. The van der Waals surface area contributed by atoms with Crippen LogP contribution in [0.25, 0.3) is 10.9 Å². The molecule has 1 aromatic carbocycles. The van der Waals surface area contributed by atoms with E-state index in [4.69, 9.17) is 0 Å². The van der Waals surface area contributed by atoms with E-state index in [9.17, 15) is 0 Å². The lowest BCUT2D eigenvalue weighted by molar-refractivity contribution is 0.664. The normalized spacial score (nSPS) is 12.1. The van der Waals surface area contributed by atoms with Gasteiger partial charge < -0.3 is 15.6 Å². The standard InChI is InChI=1S/C18H28N4S.HI/c1-13-14(15-8-6-7-9-16(15)22-13)10-11-20-17(19-4)21-12-18(2,3)23-5;/h6-9,22H,10-12H2,1-5H3,(H2,19,20,21);1H. The van der Waals surface area contributed by atoms with Crippen molar-refractivity contribution in [3.8, 4) is 0 Å². The number of aryl methyl sites for hydroxylation is 1. The highest BCUT2D eigenvalue weighted by atomic mass is 127. The van der Waals surface area contributed by atoms with Crippen LogP contribution in [0, 0.1) is 6.92 Å². The number of para-hydroxylation sites is 1. The number of aliphatic imine (C=N–C) groups is 1. The fraction of sp³-hybridized carbons (Fsp3) is 0.500. The monoisotopic (exact) mass is 460 g/mol. The van der Waals surface area contributed by atoms with Gasteiger partial charge in [0.2, 0.25) is 0 Å². The van der Waals surface area contributed by atoms with Crippen LogP contribution in [0.4, 0.5) is 0 Å². The number of nitrogens with zero attached hydrogens (tertiary/aromatic N) is 1. The minimum Gasteiger partial charge on any atom is -0.358 e. The highest BCUT2D eigenvalue weighted by Crippen LogP contribution is 2.22. The molecule has 1 heterocycles. The van der Waals surface area contributed by atoms with Crippen molar-refractivity contribution in [2.45, 2.75) is 31.9 Å². The molecule has 0 fully saturated rings. The van der Waals surface area contributed by atoms with Gasteiger partial charge in [-0.1, -0.05) is 18.2 Å². The number of halogens is 1. The minimum atomic E-state index is 0. The molecule has 0 radical (unpaired) electrons. The summed E-state index contributed by atoms with van der Waals surface area (Å²) in [7, 11) is 1.82. The molecule has 0 bridgehead atoms. The summed E-state index contributed by atoms with van der Waals surface area (Å²) in [6, 6.07) is 8.48. The van der Waals surface area contributed by atoms with E-state index in [1.807, 2.05) is 18.8 Å². The number of benzene rings is 1. The number of nitrogens with one attached hydrogen (secondary N) is 3. The fourth-order valence-electron chi connectivity index (χ4n) is 2.55. The summed E-state index contributed by atoms with van der Waals surface area (Å²) in [5.41, 5.74) is 3.84. The number of thioether (sulfide) groups is 1. The molecule has 0 amide bonds. The molecule has 0 aliphatic carbocycles. The largest absolute Gasteiger partial charge is 0.358 e. The van der Waals surface area contributed by atoms with E-state index in [0.29, 0.717) is 0 Å². The molecule has 0 aliphatic heterocycles. The average Bonchev–Trinajstić information content (AvgIpc) is 2.86. The van der Waals surface area contributed by atoms with Crippen LogP contribution in [0.2, 0.25) is 0 Å². The highest BCUT2D eigenvalue weighted by molar-refractivity contribution is 14.0. The summed E-state index contributed by atoms with van der Waals surface area (Å²) in [5.74, 6) is 0.865. The Morgan fingerprint density at radius 2 is 1.96 bits per heavy atom. The van der Waals surface area contributed by atoms with Crippen molar-refractivity contribution < 1.29 is 0 Å². The van der Waals surface area contributed by atoms with E-state index >= 15 is 0 Å². The second-order valence-electron chi connectivity index (χ2n) is 6.34. The zero-order valence-electron chi connectivity index (χ0n) is 15.2. The van der Waals surface area contributed by atoms with Crippen LogP contribution in [0.15, 0.2) is 29.3 Å². The molecule has 3 N–H and O–H groups in total. The van der Waals surface area contributed by atoms with Crippen LogP contribution in [0.1, 0.15) is 25.1 Å². The lowest BCUT2D eigenvalue weighted by Gasteiger charge is -2.23. The van der Waals surface area contributed by atoms with Crippen LogP contribution in [0.5, 0.6) is 0 Å². The van der Waals surface area contributed by atoms with E-state index in [1.54, 1.807) is 0 Å². The van der Waals surface area contributed by atoms with Crippen molar-refractivity contribution in [3.05, 3.63) is 35.5 Å². The van der Waals surface area contributed by atoms with E-state index in [-0.39, 0.29) is 28.7 Å². The molecule has 0 unspecified atom stereocenters. The number of aromatic nitrogens is 1. The number of H-pyrrole nitrogens is 1. The van der Waals surface area contributed by atoms with Gasteiger partial charge in [-0.2, -0.15) is 11.8 Å². The Bertz CT molecular complexity index is 679. The second-order valence-corrected chi connectivity index (χ2v) is 7.85. The number of hydrogen-bond acceptors (Lipinski definition) is 2. The first-order valence-corrected chi connectivity index (χ1v) is 9.25. The summed E-state index contributed by atoms with van der Waals surface area (Å²) >= 11 is 1.86. The molecule has 2 rings (SSSR count). The maximum absolute atomic E-state index is 4.31. The Morgan fingerprint density at radius 1 is 1.25 bits per heavy atom. The van der Waals surface area contributed by atoms with Gasteiger partial charge in [0.25, 0.3) is 0 Å². The lowest BCUT2D eigenvalue weighted by Crippen LogP contribution is -2.43. The van der Waals surface area contributed by atoms with Gasteiger partial charge in [0.15, 0.2) is 5.96 Å². The third-order valence-electron chi connectivity index (χ3n) is 4.15. The van der Waals surface area contributed by atoms with Crippen molar-refractivity contribution in [1.29, 1.82) is 0 Å². The first kappa shape index (κ1) is 21.2. The molecule has 0 atom stereocenters. The molecule has 24 heavy (non-hydrogen) atoms. The highest BCUT2D eigenvalue weighted by Gasteiger charge is 2.16.